The number of carbonyl (C=O) groups is 1. The van der Waals surface area contributed by atoms with Crippen molar-refractivity contribution in [2.75, 3.05) is 13.1 Å². The van der Waals surface area contributed by atoms with Crippen LogP contribution in [0.2, 0.25) is 0 Å². The standard InChI is InChI=1S/C11H24N2O2/c1-3-6-11(7-4-2,10(14)15)13-9-5-8-12/h13H,3-9,12H2,1-2H3,(H,14,15). The second kappa shape index (κ2) is 7.65. The summed E-state index contributed by atoms with van der Waals surface area (Å²) in [4.78, 5) is 11.3. The molecule has 0 aliphatic heterocycles. The fraction of sp³-hybridized carbons (Fsp3) is 0.909. The summed E-state index contributed by atoms with van der Waals surface area (Å²) in [6, 6.07) is 0. The number of nitrogens with two attached hydrogens (primary N) is 1. The molecule has 0 aliphatic carbocycles. The highest BCUT2D eigenvalue weighted by Crippen LogP contribution is 2.20. The number of carboxylic acid groups (broad SMARTS) is 1. The van der Waals surface area contributed by atoms with Gasteiger partial charge in [0.1, 0.15) is 5.54 Å². The second-order valence-electron chi connectivity index (χ2n) is 3.96. The van der Waals surface area contributed by atoms with E-state index in [9.17, 15) is 9.90 Å². The van der Waals surface area contributed by atoms with Gasteiger partial charge in [-0.1, -0.05) is 26.7 Å². The van der Waals surface area contributed by atoms with E-state index in [1.165, 1.54) is 0 Å². The van der Waals surface area contributed by atoms with Crippen LogP contribution in [0.15, 0.2) is 0 Å². The van der Waals surface area contributed by atoms with Gasteiger partial charge in [-0.05, 0) is 32.4 Å². The first-order valence-electron chi connectivity index (χ1n) is 5.81. The summed E-state index contributed by atoms with van der Waals surface area (Å²) in [5, 5.41) is 12.4. The number of nitrogens with one attached hydrogen (secondary N) is 1. The molecule has 0 aromatic heterocycles. The van der Waals surface area contributed by atoms with Gasteiger partial charge in [0.05, 0.1) is 0 Å². The fourth-order valence-corrected chi connectivity index (χ4v) is 1.87. The highest BCUT2D eigenvalue weighted by Gasteiger charge is 2.35. The summed E-state index contributed by atoms with van der Waals surface area (Å²) >= 11 is 0. The zero-order chi connectivity index (χ0) is 11.7. The van der Waals surface area contributed by atoms with E-state index >= 15 is 0 Å². The molecule has 0 spiro atoms. The highest BCUT2D eigenvalue weighted by molar-refractivity contribution is 5.78. The lowest BCUT2D eigenvalue weighted by Crippen LogP contribution is -2.52. The van der Waals surface area contributed by atoms with Crippen molar-refractivity contribution < 1.29 is 9.90 Å². The molecular weight excluding hydrogens is 192 g/mol. The molecule has 4 nitrogen and oxygen atoms in total. The first kappa shape index (κ1) is 14.4. The molecule has 0 radical (unpaired) electrons. The van der Waals surface area contributed by atoms with Crippen molar-refractivity contribution in [1.29, 1.82) is 0 Å². The van der Waals surface area contributed by atoms with E-state index in [4.69, 9.17) is 5.73 Å². The largest absolute Gasteiger partial charge is 0.480 e. The van der Waals surface area contributed by atoms with Gasteiger partial charge in [0.15, 0.2) is 0 Å². The number of rotatable bonds is 9. The van der Waals surface area contributed by atoms with Crippen molar-refractivity contribution in [2.24, 2.45) is 5.73 Å². The van der Waals surface area contributed by atoms with Crippen LogP contribution < -0.4 is 11.1 Å². The summed E-state index contributed by atoms with van der Waals surface area (Å²) < 4.78 is 0. The SMILES string of the molecule is CCCC(CCC)(NCCCN)C(=O)O. The minimum Gasteiger partial charge on any atom is -0.480 e. The third kappa shape index (κ3) is 4.62. The second-order valence-corrected chi connectivity index (χ2v) is 3.96. The smallest absolute Gasteiger partial charge is 0.323 e. The van der Waals surface area contributed by atoms with Crippen LogP contribution in [0.25, 0.3) is 0 Å². The normalized spacial score (nSPS) is 11.7. The molecule has 90 valence electrons. The van der Waals surface area contributed by atoms with Gasteiger partial charge in [0.25, 0.3) is 0 Å². The topological polar surface area (TPSA) is 75.3 Å². The van der Waals surface area contributed by atoms with Crippen LogP contribution in [0, 0.1) is 0 Å². The fourth-order valence-electron chi connectivity index (χ4n) is 1.87. The molecule has 0 unspecified atom stereocenters. The maximum absolute atomic E-state index is 11.3. The highest BCUT2D eigenvalue weighted by atomic mass is 16.4. The van der Waals surface area contributed by atoms with Gasteiger partial charge in [0, 0.05) is 0 Å². The Balaban J connectivity index is 4.40. The van der Waals surface area contributed by atoms with E-state index in [-0.39, 0.29) is 0 Å². The molecule has 0 bridgehead atoms. The van der Waals surface area contributed by atoms with Gasteiger partial charge >= 0.3 is 5.97 Å². The summed E-state index contributed by atoms with van der Waals surface area (Å²) in [5.41, 5.74) is 4.66. The van der Waals surface area contributed by atoms with Crippen LogP contribution in [0.3, 0.4) is 0 Å². The lowest BCUT2D eigenvalue weighted by Gasteiger charge is -2.30. The summed E-state index contributed by atoms with van der Waals surface area (Å²) in [5.74, 6) is -0.733. The molecule has 0 fully saturated rings. The summed E-state index contributed by atoms with van der Waals surface area (Å²) in [7, 11) is 0. The van der Waals surface area contributed by atoms with Crippen molar-refractivity contribution in [3.63, 3.8) is 0 Å². The molecule has 15 heavy (non-hydrogen) atoms. The molecule has 0 heterocycles. The molecular formula is C11H24N2O2. The first-order chi connectivity index (χ1) is 7.13. The molecule has 0 saturated carbocycles. The van der Waals surface area contributed by atoms with Gasteiger partial charge in [-0.2, -0.15) is 0 Å². The Morgan fingerprint density at radius 3 is 2.20 bits per heavy atom. The number of hydrogen-bond donors (Lipinski definition) is 3. The van der Waals surface area contributed by atoms with E-state index in [1.54, 1.807) is 0 Å². The van der Waals surface area contributed by atoms with Crippen LogP contribution in [0.5, 0.6) is 0 Å². The quantitative estimate of drug-likeness (QED) is 0.508. The molecule has 4 heteroatoms. The van der Waals surface area contributed by atoms with Crippen LogP contribution in [0.1, 0.15) is 46.0 Å². The zero-order valence-electron chi connectivity index (χ0n) is 9.88. The maximum atomic E-state index is 11.3. The zero-order valence-corrected chi connectivity index (χ0v) is 9.88. The summed E-state index contributed by atoms with van der Waals surface area (Å²) in [6.07, 6.45) is 3.94. The van der Waals surface area contributed by atoms with Crippen LogP contribution in [-0.4, -0.2) is 29.7 Å². The Kier molecular flexibility index (Phi) is 7.34. The number of carboxylic acids is 1. The molecule has 0 amide bonds. The van der Waals surface area contributed by atoms with Crippen LogP contribution >= 0.6 is 0 Å². The van der Waals surface area contributed by atoms with Crippen molar-refractivity contribution in [3.8, 4) is 0 Å². The van der Waals surface area contributed by atoms with Gasteiger partial charge in [-0.25, -0.2) is 0 Å². The predicted molar refractivity (Wildman–Crippen MR) is 61.9 cm³/mol. The Bertz CT molecular complexity index is 177. The molecule has 0 aromatic rings. The van der Waals surface area contributed by atoms with E-state index in [2.05, 4.69) is 5.32 Å². The van der Waals surface area contributed by atoms with Gasteiger partial charge < -0.3 is 16.2 Å². The first-order valence-corrected chi connectivity index (χ1v) is 5.81. The van der Waals surface area contributed by atoms with E-state index < -0.39 is 11.5 Å². The van der Waals surface area contributed by atoms with Crippen LogP contribution in [-0.2, 0) is 4.79 Å². The van der Waals surface area contributed by atoms with Crippen molar-refractivity contribution >= 4 is 5.97 Å². The van der Waals surface area contributed by atoms with Gasteiger partial charge in [-0.3, -0.25) is 4.79 Å². The number of hydrogen-bond acceptors (Lipinski definition) is 3. The minimum atomic E-state index is -0.737. The van der Waals surface area contributed by atoms with E-state index in [0.29, 0.717) is 25.9 Å². The average Bonchev–Trinajstić information content (AvgIpc) is 2.18. The third-order valence-electron chi connectivity index (χ3n) is 2.61. The maximum Gasteiger partial charge on any atom is 0.323 e. The predicted octanol–water partition coefficient (Wildman–Crippen LogP) is 1.35. The Morgan fingerprint density at radius 2 is 1.87 bits per heavy atom. The molecule has 4 N–H and O–H groups in total. The van der Waals surface area contributed by atoms with E-state index in [1.807, 2.05) is 13.8 Å². The van der Waals surface area contributed by atoms with Crippen molar-refractivity contribution in [3.05, 3.63) is 0 Å². The molecule has 0 aromatic carbocycles. The lowest BCUT2D eigenvalue weighted by molar-refractivity contribution is -0.145. The van der Waals surface area contributed by atoms with Gasteiger partial charge in [-0.15, -0.1) is 0 Å². The Labute approximate surface area is 92.2 Å². The summed E-state index contributed by atoms with van der Waals surface area (Å²) in [6.45, 7) is 5.31. The minimum absolute atomic E-state index is 0.598. The van der Waals surface area contributed by atoms with Crippen molar-refractivity contribution in [1.82, 2.24) is 5.32 Å². The molecule has 0 saturated heterocycles. The monoisotopic (exact) mass is 216 g/mol. The number of aliphatic carboxylic acids is 1. The molecule has 0 rings (SSSR count). The Morgan fingerprint density at radius 1 is 1.33 bits per heavy atom. The lowest BCUT2D eigenvalue weighted by atomic mass is 9.88. The Hall–Kier alpha value is -0.610. The van der Waals surface area contributed by atoms with Crippen LogP contribution in [0.4, 0.5) is 0 Å². The van der Waals surface area contributed by atoms with E-state index in [0.717, 1.165) is 19.3 Å². The van der Waals surface area contributed by atoms with Crippen molar-refractivity contribution in [2.45, 2.75) is 51.5 Å². The van der Waals surface area contributed by atoms with Gasteiger partial charge in [0.2, 0.25) is 0 Å². The third-order valence-corrected chi connectivity index (χ3v) is 2.61. The molecule has 0 aliphatic rings. The molecule has 0 atom stereocenters. The average molecular weight is 216 g/mol.